The van der Waals surface area contributed by atoms with E-state index in [-0.39, 0.29) is 5.82 Å². The first kappa shape index (κ1) is 15.4. The van der Waals surface area contributed by atoms with E-state index in [1.54, 1.807) is 6.07 Å². The molecule has 0 spiro atoms. The summed E-state index contributed by atoms with van der Waals surface area (Å²) in [4.78, 5) is 0. The number of aromatic nitrogens is 1. The molecule has 0 fully saturated rings. The largest absolute Gasteiger partial charge is 0.346 e. The zero-order valence-electron chi connectivity index (χ0n) is 13.2. The Balaban J connectivity index is 1.78. The van der Waals surface area contributed by atoms with E-state index in [2.05, 4.69) is 16.1 Å². The van der Waals surface area contributed by atoms with E-state index in [9.17, 15) is 4.39 Å². The fourth-order valence-corrected chi connectivity index (χ4v) is 3.51. The molecule has 1 aliphatic heterocycles. The predicted molar refractivity (Wildman–Crippen MR) is 95.8 cm³/mol. The van der Waals surface area contributed by atoms with Gasteiger partial charge in [-0.3, -0.25) is 0 Å². The fourth-order valence-electron chi connectivity index (χ4n) is 3.38. The SMILES string of the molecule is Fc1ccccc1Cn1cc(-c2ccc(Cl)cc2)c2c1CCNC2. The summed E-state index contributed by atoms with van der Waals surface area (Å²) in [7, 11) is 0. The maximum atomic E-state index is 14.0. The maximum Gasteiger partial charge on any atom is 0.128 e. The number of nitrogens with zero attached hydrogens (tertiary/aromatic N) is 1. The molecule has 0 bridgehead atoms. The lowest BCUT2D eigenvalue weighted by Gasteiger charge is -2.17. The highest BCUT2D eigenvalue weighted by molar-refractivity contribution is 6.30. The van der Waals surface area contributed by atoms with E-state index >= 15 is 0 Å². The Kier molecular flexibility index (Phi) is 4.13. The number of rotatable bonds is 3. The third-order valence-corrected chi connectivity index (χ3v) is 4.85. The molecule has 4 heteroatoms. The van der Waals surface area contributed by atoms with Crippen molar-refractivity contribution in [1.29, 1.82) is 0 Å². The average Bonchev–Trinajstić information content (AvgIpc) is 2.97. The maximum absolute atomic E-state index is 14.0. The van der Waals surface area contributed by atoms with E-state index in [4.69, 9.17) is 11.6 Å². The molecule has 0 radical (unpaired) electrons. The fraction of sp³-hybridized carbons (Fsp3) is 0.200. The van der Waals surface area contributed by atoms with Crippen molar-refractivity contribution in [3.05, 3.63) is 82.4 Å². The van der Waals surface area contributed by atoms with Crippen molar-refractivity contribution in [2.24, 2.45) is 0 Å². The van der Waals surface area contributed by atoms with Crippen molar-refractivity contribution in [1.82, 2.24) is 9.88 Å². The Labute approximate surface area is 145 Å². The lowest BCUT2D eigenvalue weighted by molar-refractivity contribution is 0.580. The lowest BCUT2D eigenvalue weighted by atomic mass is 10.00. The summed E-state index contributed by atoms with van der Waals surface area (Å²) >= 11 is 6.01. The quantitative estimate of drug-likeness (QED) is 0.735. The van der Waals surface area contributed by atoms with Gasteiger partial charge >= 0.3 is 0 Å². The van der Waals surface area contributed by atoms with Crippen molar-refractivity contribution < 1.29 is 4.39 Å². The summed E-state index contributed by atoms with van der Waals surface area (Å²) < 4.78 is 16.2. The molecule has 1 aliphatic rings. The third kappa shape index (κ3) is 2.85. The van der Waals surface area contributed by atoms with Crippen LogP contribution in [0.25, 0.3) is 11.1 Å². The number of fused-ring (bicyclic) bond motifs is 1. The number of halogens is 2. The first-order chi connectivity index (χ1) is 11.7. The Morgan fingerprint density at radius 2 is 1.88 bits per heavy atom. The van der Waals surface area contributed by atoms with E-state index in [0.29, 0.717) is 6.54 Å². The molecule has 1 aromatic heterocycles. The summed E-state index contributed by atoms with van der Waals surface area (Å²) in [5.74, 6) is -0.151. The molecule has 0 unspecified atom stereocenters. The van der Waals surface area contributed by atoms with E-state index in [1.807, 2.05) is 36.4 Å². The summed E-state index contributed by atoms with van der Waals surface area (Å²) in [6.45, 7) is 2.36. The first-order valence-corrected chi connectivity index (χ1v) is 8.51. The van der Waals surface area contributed by atoms with Crippen molar-refractivity contribution >= 4 is 11.6 Å². The Morgan fingerprint density at radius 3 is 2.67 bits per heavy atom. The standard InChI is InChI=1S/C20H18ClFN2/c21-16-7-5-14(6-8-16)18-13-24(20-9-10-23-11-17(18)20)12-15-3-1-2-4-19(15)22/h1-8,13,23H,9-12H2. The number of hydrogen-bond donors (Lipinski definition) is 1. The summed E-state index contributed by atoms with van der Waals surface area (Å²) in [5, 5.41) is 4.17. The second kappa shape index (κ2) is 6.42. The van der Waals surface area contributed by atoms with Crippen LogP contribution in [0.4, 0.5) is 4.39 Å². The van der Waals surface area contributed by atoms with Crippen molar-refractivity contribution in [3.63, 3.8) is 0 Å². The smallest absolute Gasteiger partial charge is 0.128 e. The zero-order valence-corrected chi connectivity index (χ0v) is 14.0. The second-order valence-corrected chi connectivity index (χ2v) is 6.56. The Hall–Kier alpha value is -2.10. The van der Waals surface area contributed by atoms with Crippen LogP contribution < -0.4 is 5.32 Å². The molecule has 0 atom stereocenters. The van der Waals surface area contributed by atoms with Gasteiger partial charge < -0.3 is 9.88 Å². The molecule has 0 saturated carbocycles. The van der Waals surface area contributed by atoms with Gasteiger partial charge in [0.05, 0.1) is 6.54 Å². The average molecular weight is 341 g/mol. The highest BCUT2D eigenvalue weighted by Gasteiger charge is 2.20. The normalized spacial score (nSPS) is 13.8. The van der Waals surface area contributed by atoms with Gasteiger partial charge in [-0.15, -0.1) is 0 Å². The zero-order chi connectivity index (χ0) is 16.5. The predicted octanol–water partition coefficient (Wildman–Crippen LogP) is 4.64. The Morgan fingerprint density at radius 1 is 1.08 bits per heavy atom. The van der Waals surface area contributed by atoms with Gasteiger partial charge in [-0.25, -0.2) is 4.39 Å². The van der Waals surface area contributed by atoms with Gasteiger partial charge in [0, 0.05) is 47.6 Å². The minimum atomic E-state index is -0.151. The molecule has 0 amide bonds. The van der Waals surface area contributed by atoms with E-state index < -0.39 is 0 Å². The van der Waals surface area contributed by atoms with Crippen LogP contribution >= 0.6 is 11.6 Å². The molecule has 3 aromatic rings. The highest BCUT2D eigenvalue weighted by Crippen LogP contribution is 2.31. The third-order valence-electron chi connectivity index (χ3n) is 4.60. The summed E-state index contributed by atoms with van der Waals surface area (Å²) in [5.41, 5.74) is 5.66. The number of benzene rings is 2. The van der Waals surface area contributed by atoms with Crippen LogP contribution in [0.3, 0.4) is 0 Å². The van der Waals surface area contributed by atoms with Crippen LogP contribution in [0.2, 0.25) is 5.02 Å². The highest BCUT2D eigenvalue weighted by atomic mass is 35.5. The van der Waals surface area contributed by atoms with Gasteiger partial charge in [-0.05, 0) is 29.3 Å². The number of hydrogen-bond acceptors (Lipinski definition) is 1. The molecule has 2 nitrogen and oxygen atoms in total. The monoisotopic (exact) mass is 340 g/mol. The molecule has 2 aromatic carbocycles. The van der Waals surface area contributed by atoms with Gasteiger partial charge in [-0.1, -0.05) is 41.9 Å². The van der Waals surface area contributed by atoms with Crippen LogP contribution in [0.15, 0.2) is 54.7 Å². The van der Waals surface area contributed by atoms with Gasteiger partial charge in [0.25, 0.3) is 0 Å². The topological polar surface area (TPSA) is 17.0 Å². The molecule has 2 heterocycles. The van der Waals surface area contributed by atoms with Crippen LogP contribution in [0, 0.1) is 5.82 Å². The number of nitrogens with one attached hydrogen (secondary N) is 1. The van der Waals surface area contributed by atoms with Crippen LogP contribution in [-0.2, 0) is 19.5 Å². The van der Waals surface area contributed by atoms with Crippen molar-refractivity contribution in [3.8, 4) is 11.1 Å². The van der Waals surface area contributed by atoms with Gasteiger partial charge in [0.2, 0.25) is 0 Å². The van der Waals surface area contributed by atoms with Gasteiger partial charge in [0.1, 0.15) is 5.82 Å². The van der Waals surface area contributed by atoms with Crippen molar-refractivity contribution in [2.75, 3.05) is 6.54 Å². The molecular weight excluding hydrogens is 323 g/mol. The minimum Gasteiger partial charge on any atom is -0.346 e. The van der Waals surface area contributed by atoms with E-state index in [1.165, 1.54) is 22.9 Å². The first-order valence-electron chi connectivity index (χ1n) is 8.13. The second-order valence-electron chi connectivity index (χ2n) is 6.12. The Bertz CT molecular complexity index is 868. The van der Waals surface area contributed by atoms with Crippen LogP contribution in [-0.4, -0.2) is 11.1 Å². The summed E-state index contributed by atoms with van der Waals surface area (Å²) in [6.07, 6.45) is 3.10. The molecular formula is C20H18ClFN2. The molecule has 0 saturated heterocycles. The van der Waals surface area contributed by atoms with Crippen LogP contribution in [0.5, 0.6) is 0 Å². The lowest BCUT2D eigenvalue weighted by Crippen LogP contribution is -2.25. The molecule has 122 valence electrons. The van der Waals surface area contributed by atoms with E-state index in [0.717, 1.165) is 35.7 Å². The van der Waals surface area contributed by atoms with Crippen LogP contribution in [0.1, 0.15) is 16.8 Å². The van der Waals surface area contributed by atoms with Crippen molar-refractivity contribution in [2.45, 2.75) is 19.5 Å². The molecule has 1 N–H and O–H groups in total. The summed E-state index contributed by atoms with van der Waals surface area (Å²) in [6, 6.07) is 14.9. The van der Waals surface area contributed by atoms with Gasteiger partial charge in [-0.2, -0.15) is 0 Å². The molecule has 24 heavy (non-hydrogen) atoms. The molecule has 0 aliphatic carbocycles. The van der Waals surface area contributed by atoms with Gasteiger partial charge in [0.15, 0.2) is 0 Å². The minimum absolute atomic E-state index is 0.151. The molecule has 4 rings (SSSR count).